The van der Waals surface area contributed by atoms with Crippen LogP contribution in [0.1, 0.15) is 18.4 Å². The van der Waals surface area contributed by atoms with Gasteiger partial charge in [0.2, 0.25) is 5.91 Å². The number of carbonyl (C=O) groups excluding carboxylic acids is 1. The van der Waals surface area contributed by atoms with Crippen LogP contribution in [0.15, 0.2) is 42.7 Å². The largest absolute Gasteiger partial charge is 0.361 e. The first-order chi connectivity index (χ1) is 11.1. The van der Waals surface area contributed by atoms with E-state index in [0.29, 0.717) is 35.0 Å². The van der Waals surface area contributed by atoms with Crippen molar-refractivity contribution < 1.29 is 13.6 Å². The van der Waals surface area contributed by atoms with Gasteiger partial charge in [-0.05, 0) is 37.1 Å². The average Bonchev–Trinajstić information content (AvgIpc) is 3.03. The van der Waals surface area contributed by atoms with Crippen molar-refractivity contribution in [1.29, 1.82) is 0 Å². The third-order valence-corrected chi connectivity index (χ3v) is 4.16. The predicted octanol–water partition coefficient (Wildman–Crippen LogP) is 3.74. The Balaban J connectivity index is 1.87. The molecule has 4 rings (SSSR count). The van der Waals surface area contributed by atoms with E-state index >= 15 is 0 Å². The molecule has 0 bridgehead atoms. The number of rotatable bonds is 4. The van der Waals surface area contributed by atoms with Gasteiger partial charge in [0.1, 0.15) is 0 Å². The summed E-state index contributed by atoms with van der Waals surface area (Å²) in [6.07, 6.45) is 4.66. The van der Waals surface area contributed by atoms with Gasteiger partial charge in [-0.3, -0.25) is 10.1 Å². The molecule has 1 aliphatic carbocycles. The number of amides is 1. The van der Waals surface area contributed by atoms with Gasteiger partial charge in [0.25, 0.3) is 0 Å². The zero-order valence-corrected chi connectivity index (χ0v) is 12.2. The molecule has 1 fully saturated rings. The van der Waals surface area contributed by atoms with Crippen LogP contribution in [0.5, 0.6) is 0 Å². The SMILES string of the molecule is O=C(NC(F)(F)c1c(-c2ccc[nH]2)ccc2[nH]ccc12)C1CC1. The van der Waals surface area contributed by atoms with Crippen LogP contribution in [0.25, 0.3) is 22.2 Å². The third-order valence-electron chi connectivity index (χ3n) is 4.16. The summed E-state index contributed by atoms with van der Waals surface area (Å²) in [5, 5.41) is 2.32. The smallest absolute Gasteiger partial charge is 0.353 e. The van der Waals surface area contributed by atoms with Crippen molar-refractivity contribution in [3.63, 3.8) is 0 Å². The second kappa shape index (κ2) is 4.94. The van der Waals surface area contributed by atoms with Gasteiger partial charge in [-0.2, -0.15) is 8.78 Å². The molecule has 23 heavy (non-hydrogen) atoms. The van der Waals surface area contributed by atoms with Crippen molar-refractivity contribution in [1.82, 2.24) is 15.3 Å². The van der Waals surface area contributed by atoms with E-state index in [1.165, 1.54) is 0 Å². The third kappa shape index (κ3) is 2.40. The van der Waals surface area contributed by atoms with Crippen molar-refractivity contribution in [2.24, 2.45) is 5.92 Å². The molecule has 0 radical (unpaired) electrons. The van der Waals surface area contributed by atoms with E-state index in [1.807, 2.05) is 5.32 Å². The Morgan fingerprint density at radius 2 is 1.96 bits per heavy atom. The molecule has 118 valence electrons. The number of halogens is 2. The number of benzene rings is 1. The molecule has 1 saturated carbocycles. The molecular weight excluding hydrogens is 300 g/mol. The maximum Gasteiger partial charge on any atom is 0.353 e. The minimum absolute atomic E-state index is 0.187. The minimum atomic E-state index is -3.44. The Morgan fingerprint density at radius 1 is 1.13 bits per heavy atom. The van der Waals surface area contributed by atoms with Gasteiger partial charge >= 0.3 is 6.05 Å². The molecule has 6 heteroatoms. The van der Waals surface area contributed by atoms with Crippen molar-refractivity contribution in [2.45, 2.75) is 18.9 Å². The summed E-state index contributed by atoms with van der Waals surface area (Å²) in [6, 6.07) is 5.04. The summed E-state index contributed by atoms with van der Waals surface area (Å²) in [4.78, 5) is 17.8. The van der Waals surface area contributed by atoms with Crippen molar-refractivity contribution in [3.05, 3.63) is 48.3 Å². The summed E-state index contributed by atoms with van der Waals surface area (Å²) >= 11 is 0. The molecule has 2 aromatic heterocycles. The monoisotopic (exact) mass is 315 g/mol. The van der Waals surface area contributed by atoms with E-state index in [2.05, 4.69) is 9.97 Å². The minimum Gasteiger partial charge on any atom is -0.361 e. The molecular formula is C17H15F2N3O. The van der Waals surface area contributed by atoms with E-state index in [9.17, 15) is 13.6 Å². The highest BCUT2D eigenvalue weighted by Crippen LogP contribution is 2.40. The lowest BCUT2D eigenvalue weighted by molar-refractivity contribution is -0.134. The maximum absolute atomic E-state index is 14.9. The molecule has 1 aliphatic rings. The highest BCUT2D eigenvalue weighted by molar-refractivity contribution is 5.91. The van der Waals surface area contributed by atoms with Crippen LogP contribution in [0.3, 0.4) is 0 Å². The van der Waals surface area contributed by atoms with E-state index in [-0.39, 0.29) is 11.5 Å². The predicted molar refractivity (Wildman–Crippen MR) is 82.8 cm³/mol. The first-order valence-electron chi connectivity index (χ1n) is 7.50. The zero-order valence-electron chi connectivity index (χ0n) is 12.2. The number of hydrogen-bond acceptors (Lipinski definition) is 1. The summed E-state index contributed by atoms with van der Waals surface area (Å²) < 4.78 is 29.8. The summed E-state index contributed by atoms with van der Waals surface area (Å²) in [5.74, 6) is -0.861. The van der Waals surface area contributed by atoms with Crippen molar-refractivity contribution >= 4 is 16.8 Å². The Bertz CT molecular complexity index is 863. The molecule has 0 unspecified atom stereocenters. The van der Waals surface area contributed by atoms with E-state index in [4.69, 9.17) is 0 Å². The summed E-state index contributed by atoms with van der Waals surface area (Å²) in [7, 11) is 0. The molecule has 3 N–H and O–H groups in total. The number of aromatic amines is 2. The maximum atomic E-state index is 14.9. The Morgan fingerprint density at radius 3 is 2.65 bits per heavy atom. The first-order valence-corrected chi connectivity index (χ1v) is 7.50. The molecule has 1 aromatic carbocycles. The van der Waals surface area contributed by atoms with Crippen molar-refractivity contribution in [3.8, 4) is 11.3 Å². The Kier molecular flexibility index (Phi) is 3.01. The number of fused-ring (bicyclic) bond motifs is 1. The van der Waals surface area contributed by atoms with Crippen molar-refractivity contribution in [2.75, 3.05) is 0 Å². The van der Waals surface area contributed by atoms with Gasteiger partial charge < -0.3 is 9.97 Å². The molecule has 0 atom stereocenters. The van der Waals surface area contributed by atoms with Crippen LogP contribution in [-0.2, 0) is 10.8 Å². The second-order valence-corrected chi connectivity index (χ2v) is 5.85. The lowest BCUT2D eigenvalue weighted by Gasteiger charge is -2.22. The Labute approximate surface area is 130 Å². The van der Waals surface area contributed by atoms with Crippen LogP contribution in [0.2, 0.25) is 0 Å². The highest BCUT2D eigenvalue weighted by Gasteiger charge is 2.42. The molecule has 3 aromatic rings. The summed E-state index contributed by atoms with van der Waals surface area (Å²) in [5.41, 5.74) is 1.38. The van der Waals surface area contributed by atoms with Gasteiger partial charge in [-0.15, -0.1) is 0 Å². The fourth-order valence-electron chi connectivity index (χ4n) is 2.86. The van der Waals surface area contributed by atoms with Gasteiger partial charge in [0, 0.05) is 40.5 Å². The van der Waals surface area contributed by atoms with Crippen LogP contribution in [-0.4, -0.2) is 15.9 Å². The molecule has 4 nitrogen and oxygen atoms in total. The van der Waals surface area contributed by atoms with Crippen LogP contribution >= 0.6 is 0 Å². The van der Waals surface area contributed by atoms with E-state index in [1.54, 1.807) is 42.7 Å². The lowest BCUT2D eigenvalue weighted by atomic mass is 9.98. The lowest BCUT2D eigenvalue weighted by Crippen LogP contribution is -2.40. The first kappa shape index (κ1) is 14.0. The standard InChI is InChI=1S/C17H15F2N3O/c18-17(19,22-16(23)10-3-4-10)15-11(13-2-1-8-20-13)5-6-14-12(15)7-9-21-14/h1-2,5-10,20-21H,3-4H2,(H,22,23). The normalized spacial score (nSPS) is 15.0. The summed E-state index contributed by atoms with van der Waals surface area (Å²) in [6.45, 7) is 0. The number of nitrogens with one attached hydrogen (secondary N) is 3. The quantitative estimate of drug-likeness (QED) is 0.631. The zero-order chi connectivity index (χ0) is 16.0. The van der Waals surface area contributed by atoms with E-state index < -0.39 is 12.0 Å². The van der Waals surface area contributed by atoms with Gasteiger partial charge in [-0.1, -0.05) is 6.07 Å². The number of alkyl halides is 2. The van der Waals surface area contributed by atoms with Crippen LogP contribution in [0.4, 0.5) is 8.78 Å². The fourth-order valence-corrected chi connectivity index (χ4v) is 2.86. The Hall–Kier alpha value is -2.63. The number of carbonyl (C=O) groups is 1. The van der Waals surface area contributed by atoms with Crippen LogP contribution in [0, 0.1) is 5.92 Å². The molecule has 0 aliphatic heterocycles. The second-order valence-electron chi connectivity index (χ2n) is 5.85. The fraction of sp³-hybridized carbons (Fsp3) is 0.235. The molecule has 1 amide bonds. The molecule has 0 spiro atoms. The number of H-pyrrole nitrogens is 2. The molecule has 2 heterocycles. The molecule has 0 saturated heterocycles. The van der Waals surface area contributed by atoms with Gasteiger partial charge in [0.15, 0.2) is 0 Å². The average molecular weight is 315 g/mol. The van der Waals surface area contributed by atoms with Gasteiger partial charge in [0.05, 0.1) is 5.56 Å². The van der Waals surface area contributed by atoms with E-state index in [0.717, 1.165) is 0 Å². The highest BCUT2D eigenvalue weighted by atomic mass is 19.3. The van der Waals surface area contributed by atoms with Gasteiger partial charge in [-0.25, -0.2) is 0 Å². The number of hydrogen-bond donors (Lipinski definition) is 3. The topological polar surface area (TPSA) is 60.7 Å². The number of aromatic nitrogens is 2. The van der Waals surface area contributed by atoms with Crippen LogP contribution < -0.4 is 5.32 Å².